The van der Waals surface area contributed by atoms with E-state index < -0.39 is 0 Å². The first-order chi connectivity index (χ1) is 12.2. The van der Waals surface area contributed by atoms with Crippen LogP contribution in [0.2, 0.25) is 0 Å². The van der Waals surface area contributed by atoms with Crippen LogP contribution >= 0.6 is 22.7 Å². The van der Waals surface area contributed by atoms with Gasteiger partial charge in [-0.2, -0.15) is 0 Å². The average Bonchev–Trinajstić information content (AvgIpc) is 3.34. The Labute approximate surface area is 153 Å². The fourth-order valence-electron chi connectivity index (χ4n) is 2.82. The summed E-state index contributed by atoms with van der Waals surface area (Å²) in [7, 11) is 0. The molecule has 1 saturated heterocycles. The van der Waals surface area contributed by atoms with Crippen LogP contribution in [-0.4, -0.2) is 42.0 Å². The van der Waals surface area contributed by atoms with Gasteiger partial charge in [0.1, 0.15) is 5.82 Å². The van der Waals surface area contributed by atoms with Gasteiger partial charge < -0.3 is 9.80 Å². The number of rotatable bonds is 3. The van der Waals surface area contributed by atoms with Crippen molar-refractivity contribution < 1.29 is 9.18 Å². The van der Waals surface area contributed by atoms with Crippen molar-refractivity contribution in [1.29, 1.82) is 0 Å². The number of carbonyl (C=O) groups excluding carboxylic acids is 1. The molecular formula is C18H16FN3OS2. The monoisotopic (exact) mass is 373 g/mol. The molecule has 0 atom stereocenters. The van der Waals surface area contributed by atoms with E-state index in [1.165, 1.54) is 23.5 Å². The van der Waals surface area contributed by atoms with Crippen LogP contribution < -0.4 is 4.90 Å². The van der Waals surface area contributed by atoms with Gasteiger partial charge in [0.25, 0.3) is 5.91 Å². The number of anilines is 1. The van der Waals surface area contributed by atoms with Crippen molar-refractivity contribution in [2.24, 2.45) is 0 Å². The highest BCUT2D eigenvalue weighted by molar-refractivity contribution is 7.14. The summed E-state index contributed by atoms with van der Waals surface area (Å²) in [6.07, 6.45) is 0. The average molecular weight is 373 g/mol. The number of thiophene rings is 1. The van der Waals surface area contributed by atoms with Gasteiger partial charge in [-0.25, -0.2) is 9.37 Å². The van der Waals surface area contributed by atoms with Crippen LogP contribution in [-0.2, 0) is 0 Å². The normalized spacial score (nSPS) is 14.8. The SMILES string of the molecule is O=C(c1cccs1)N1CCN(c2nc(-c3ccc(F)cc3)cs2)CC1. The van der Waals surface area contributed by atoms with Gasteiger partial charge >= 0.3 is 0 Å². The van der Waals surface area contributed by atoms with Crippen molar-refractivity contribution in [3.63, 3.8) is 0 Å². The molecule has 0 spiro atoms. The number of hydrogen-bond acceptors (Lipinski definition) is 5. The molecule has 1 amide bonds. The fourth-order valence-corrected chi connectivity index (χ4v) is 4.40. The number of aromatic nitrogens is 1. The van der Waals surface area contributed by atoms with Crippen molar-refractivity contribution >= 4 is 33.7 Å². The third-order valence-corrected chi connectivity index (χ3v) is 5.96. The van der Waals surface area contributed by atoms with Gasteiger partial charge in [0.15, 0.2) is 5.13 Å². The first-order valence-corrected chi connectivity index (χ1v) is 9.76. The first kappa shape index (κ1) is 16.2. The molecule has 0 saturated carbocycles. The molecule has 1 aromatic carbocycles. The molecule has 7 heteroatoms. The summed E-state index contributed by atoms with van der Waals surface area (Å²) in [6, 6.07) is 10.2. The minimum absolute atomic E-state index is 0.112. The number of amides is 1. The van der Waals surface area contributed by atoms with Crippen LogP contribution in [0.5, 0.6) is 0 Å². The third-order valence-electron chi connectivity index (χ3n) is 4.20. The van der Waals surface area contributed by atoms with Gasteiger partial charge in [-0.05, 0) is 35.7 Å². The Hall–Kier alpha value is -2.25. The van der Waals surface area contributed by atoms with Gasteiger partial charge in [0, 0.05) is 37.1 Å². The van der Waals surface area contributed by atoms with Crippen LogP contribution in [0.4, 0.5) is 9.52 Å². The maximum Gasteiger partial charge on any atom is 0.264 e. The molecule has 1 aliphatic heterocycles. The van der Waals surface area contributed by atoms with E-state index in [-0.39, 0.29) is 11.7 Å². The van der Waals surface area contributed by atoms with Crippen molar-refractivity contribution in [2.75, 3.05) is 31.1 Å². The van der Waals surface area contributed by atoms with Crippen molar-refractivity contribution in [1.82, 2.24) is 9.88 Å². The summed E-state index contributed by atoms with van der Waals surface area (Å²) in [5.74, 6) is -0.133. The lowest BCUT2D eigenvalue weighted by Gasteiger charge is -2.34. The van der Waals surface area contributed by atoms with Crippen molar-refractivity contribution in [3.8, 4) is 11.3 Å². The molecule has 3 heterocycles. The lowest BCUT2D eigenvalue weighted by atomic mass is 10.2. The van der Waals surface area contributed by atoms with Gasteiger partial charge in [-0.3, -0.25) is 4.79 Å². The second kappa shape index (κ2) is 6.93. The standard InChI is InChI=1S/C18H16FN3OS2/c19-14-5-3-13(4-6-14)15-12-25-18(20-15)22-9-7-21(8-10-22)17(23)16-2-1-11-24-16/h1-6,11-12H,7-10H2. The van der Waals surface area contributed by atoms with Crippen molar-refractivity contribution in [3.05, 3.63) is 57.9 Å². The predicted octanol–water partition coefficient (Wildman–Crippen LogP) is 3.97. The summed E-state index contributed by atoms with van der Waals surface area (Å²) in [6.45, 7) is 2.94. The van der Waals surface area contributed by atoms with Crippen molar-refractivity contribution in [2.45, 2.75) is 0 Å². The molecule has 1 aliphatic rings. The Morgan fingerprint density at radius 1 is 1.04 bits per heavy atom. The molecule has 4 nitrogen and oxygen atoms in total. The molecule has 2 aromatic heterocycles. The highest BCUT2D eigenvalue weighted by Crippen LogP contribution is 2.28. The summed E-state index contributed by atoms with van der Waals surface area (Å²) in [5.41, 5.74) is 1.77. The maximum atomic E-state index is 13.0. The number of piperazine rings is 1. The quantitative estimate of drug-likeness (QED) is 0.697. The van der Waals surface area contributed by atoms with Crippen LogP contribution in [0.3, 0.4) is 0 Å². The van der Waals surface area contributed by atoms with Gasteiger partial charge in [0.05, 0.1) is 10.6 Å². The number of halogens is 1. The lowest BCUT2D eigenvalue weighted by Crippen LogP contribution is -2.48. The zero-order valence-corrected chi connectivity index (χ0v) is 15.0. The minimum Gasteiger partial charge on any atom is -0.345 e. The predicted molar refractivity (Wildman–Crippen MR) is 99.9 cm³/mol. The number of carbonyl (C=O) groups is 1. The molecule has 4 rings (SSSR count). The molecule has 0 unspecified atom stereocenters. The lowest BCUT2D eigenvalue weighted by molar-refractivity contribution is 0.0751. The Morgan fingerprint density at radius 3 is 2.48 bits per heavy atom. The summed E-state index contributed by atoms with van der Waals surface area (Å²) < 4.78 is 13.0. The van der Waals surface area contributed by atoms with E-state index in [1.807, 2.05) is 27.8 Å². The highest BCUT2D eigenvalue weighted by atomic mass is 32.1. The van der Waals surface area contributed by atoms with E-state index in [9.17, 15) is 9.18 Å². The van der Waals surface area contributed by atoms with Crippen LogP contribution in [0, 0.1) is 5.82 Å². The number of nitrogens with zero attached hydrogens (tertiary/aromatic N) is 3. The molecule has 1 fully saturated rings. The fraction of sp³-hybridized carbons (Fsp3) is 0.222. The maximum absolute atomic E-state index is 13.0. The second-order valence-electron chi connectivity index (χ2n) is 5.78. The summed E-state index contributed by atoms with van der Waals surface area (Å²) >= 11 is 3.06. The van der Waals surface area contributed by atoms with Crippen LogP contribution in [0.1, 0.15) is 9.67 Å². The van der Waals surface area contributed by atoms with Crippen LogP contribution in [0.25, 0.3) is 11.3 Å². The van der Waals surface area contributed by atoms with E-state index in [0.717, 1.165) is 34.4 Å². The molecule has 25 heavy (non-hydrogen) atoms. The summed E-state index contributed by atoms with van der Waals surface area (Å²) in [5, 5.41) is 4.87. The Kier molecular flexibility index (Phi) is 4.50. The van der Waals surface area contributed by atoms with Gasteiger partial charge in [0.2, 0.25) is 0 Å². The Bertz CT molecular complexity index is 853. The number of benzene rings is 1. The first-order valence-electron chi connectivity index (χ1n) is 8.00. The van der Waals surface area contributed by atoms with E-state index in [1.54, 1.807) is 23.5 Å². The minimum atomic E-state index is -0.245. The molecular weight excluding hydrogens is 357 g/mol. The Morgan fingerprint density at radius 2 is 1.80 bits per heavy atom. The van der Waals surface area contributed by atoms with E-state index in [2.05, 4.69) is 9.88 Å². The number of hydrogen-bond donors (Lipinski definition) is 0. The molecule has 0 radical (unpaired) electrons. The molecule has 0 bridgehead atoms. The van der Waals surface area contributed by atoms with Crippen LogP contribution in [0.15, 0.2) is 47.2 Å². The zero-order chi connectivity index (χ0) is 17.2. The van der Waals surface area contributed by atoms with E-state index >= 15 is 0 Å². The third kappa shape index (κ3) is 3.43. The number of thiazole rings is 1. The molecule has 0 N–H and O–H groups in total. The van der Waals surface area contributed by atoms with E-state index in [0.29, 0.717) is 13.1 Å². The zero-order valence-electron chi connectivity index (χ0n) is 13.4. The van der Waals surface area contributed by atoms with Gasteiger partial charge in [-0.15, -0.1) is 22.7 Å². The summed E-state index contributed by atoms with van der Waals surface area (Å²) in [4.78, 5) is 22.0. The molecule has 0 aliphatic carbocycles. The van der Waals surface area contributed by atoms with E-state index in [4.69, 9.17) is 0 Å². The largest absolute Gasteiger partial charge is 0.345 e. The highest BCUT2D eigenvalue weighted by Gasteiger charge is 2.24. The Balaban J connectivity index is 1.41. The van der Waals surface area contributed by atoms with Gasteiger partial charge in [-0.1, -0.05) is 6.07 Å². The molecule has 3 aromatic rings. The smallest absolute Gasteiger partial charge is 0.264 e. The topological polar surface area (TPSA) is 36.4 Å². The second-order valence-corrected chi connectivity index (χ2v) is 7.56. The molecule has 128 valence electrons.